The first-order valence-electron chi connectivity index (χ1n) is 3.35. The molecule has 3 heteroatoms. The molecule has 1 aliphatic rings. The fourth-order valence-electron chi connectivity index (χ4n) is 1.33. The van der Waals surface area contributed by atoms with Crippen molar-refractivity contribution in [2.45, 2.75) is 19.4 Å². The van der Waals surface area contributed by atoms with Crippen LogP contribution in [0.4, 0.5) is 0 Å². The molecule has 0 aromatic rings. The molecule has 0 radical (unpaired) electrons. The summed E-state index contributed by atoms with van der Waals surface area (Å²) < 4.78 is 2.27. The van der Waals surface area contributed by atoms with Crippen LogP contribution in [-0.4, -0.2) is 22.2 Å². The molecule has 1 saturated heterocycles. The minimum absolute atomic E-state index is 0.408. The lowest BCUT2D eigenvalue weighted by atomic mass is 9.99. The van der Waals surface area contributed by atoms with Gasteiger partial charge in [0.1, 0.15) is 0 Å². The Morgan fingerprint density at radius 3 is 2.67 bits per heavy atom. The lowest BCUT2D eigenvalue weighted by Crippen LogP contribution is -2.41. The van der Waals surface area contributed by atoms with Gasteiger partial charge in [0.25, 0.3) is 0 Å². The Morgan fingerprint density at radius 1 is 1.56 bits per heavy atom. The number of nitrogens with zero attached hydrogens (tertiary/aromatic N) is 1. The molecule has 1 fully saturated rings. The largest absolute Gasteiger partial charge is 0.327 e. The quantitative estimate of drug-likeness (QED) is 0.505. The van der Waals surface area contributed by atoms with Crippen LogP contribution in [0.25, 0.3) is 0 Å². The van der Waals surface area contributed by atoms with Gasteiger partial charge in [-0.25, -0.2) is 3.11 Å². The zero-order valence-corrected chi connectivity index (χ0v) is 7.84. The predicted octanol–water partition coefficient (Wildman–Crippen LogP) is 1.01. The summed E-state index contributed by atoms with van der Waals surface area (Å²) in [5.74, 6) is 0.783. The standard InChI is InChI=1S/C6H13IN2/c1-5-2-6(8)4-9(7)3-5/h5-6H,2-4,8H2,1H3/t5-,6+/m1/s1. The maximum Gasteiger partial charge on any atom is 0.0233 e. The van der Waals surface area contributed by atoms with Crippen molar-refractivity contribution in [1.82, 2.24) is 3.11 Å². The topological polar surface area (TPSA) is 29.3 Å². The first kappa shape index (κ1) is 7.75. The molecule has 0 unspecified atom stereocenters. The number of hydrogen-bond donors (Lipinski definition) is 1. The molecule has 9 heavy (non-hydrogen) atoms. The second-order valence-corrected chi connectivity index (χ2v) is 4.29. The maximum atomic E-state index is 5.77. The number of rotatable bonds is 0. The molecule has 0 saturated carbocycles. The minimum atomic E-state index is 0.408. The summed E-state index contributed by atoms with van der Waals surface area (Å²) in [5.41, 5.74) is 5.77. The SMILES string of the molecule is C[C@@H]1C[C@H](N)CN(I)C1. The third kappa shape index (κ3) is 2.39. The van der Waals surface area contributed by atoms with E-state index in [1.54, 1.807) is 0 Å². The first-order chi connectivity index (χ1) is 4.18. The molecule has 1 heterocycles. The Bertz CT molecular complexity index is 72.0. The summed E-state index contributed by atoms with van der Waals surface area (Å²) in [5, 5.41) is 0. The van der Waals surface area contributed by atoms with E-state index in [0.29, 0.717) is 6.04 Å². The van der Waals surface area contributed by atoms with Crippen molar-refractivity contribution in [2.75, 3.05) is 13.1 Å². The van der Waals surface area contributed by atoms with Gasteiger partial charge in [-0.2, -0.15) is 0 Å². The average Bonchev–Trinajstić information content (AvgIpc) is 1.59. The van der Waals surface area contributed by atoms with Gasteiger partial charge in [0.2, 0.25) is 0 Å². The molecule has 0 aromatic carbocycles. The molecule has 0 aliphatic carbocycles. The minimum Gasteiger partial charge on any atom is -0.327 e. The maximum absolute atomic E-state index is 5.77. The molecule has 0 amide bonds. The van der Waals surface area contributed by atoms with Crippen LogP contribution in [0.2, 0.25) is 0 Å². The molecule has 2 nitrogen and oxygen atoms in total. The van der Waals surface area contributed by atoms with Crippen molar-refractivity contribution >= 4 is 22.9 Å². The molecule has 0 bridgehead atoms. The predicted molar refractivity (Wildman–Crippen MR) is 47.3 cm³/mol. The van der Waals surface area contributed by atoms with Gasteiger partial charge in [-0.1, -0.05) is 6.92 Å². The van der Waals surface area contributed by atoms with E-state index in [1.807, 2.05) is 0 Å². The summed E-state index contributed by atoms with van der Waals surface area (Å²) in [4.78, 5) is 0. The van der Waals surface area contributed by atoms with E-state index in [4.69, 9.17) is 5.73 Å². The molecule has 2 N–H and O–H groups in total. The van der Waals surface area contributed by atoms with Crippen LogP contribution in [0.15, 0.2) is 0 Å². The van der Waals surface area contributed by atoms with E-state index in [0.717, 1.165) is 12.5 Å². The van der Waals surface area contributed by atoms with Crippen LogP contribution in [0.5, 0.6) is 0 Å². The fourth-order valence-corrected chi connectivity index (χ4v) is 2.51. The van der Waals surface area contributed by atoms with E-state index in [1.165, 1.54) is 13.0 Å². The summed E-state index contributed by atoms with van der Waals surface area (Å²) in [6.45, 7) is 4.52. The van der Waals surface area contributed by atoms with Crippen LogP contribution in [0.1, 0.15) is 13.3 Å². The number of piperidine rings is 1. The van der Waals surface area contributed by atoms with Crippen LogP contribution in [0, 0.1) is 5.92 Å². The normalized spacial score (nSPS) is 39.0. The molecule has 0 aromatic heterocycles. The van der Waals surface area contributed by atoms with Gasteiger partial charge in [-0.3, -0.25) is 0 Å². The summed E-state index contributed by atoms with van der Waals surface area (Å²) >= 11 is 2.34. The van der Waals surface area contributed by atoms with E-state index < -0.39 is 0 Å². The Hall–Kier alpha value is 0.650. The highest BCUT2D eigenvalue weighted by molar-refractivity contribution is 14.1. The second kappa shape index (κ2) is 3.16. The first-order valence-corrected chi connectivity index (χ1v) is 4.31. The van der Waals surface area contributed by atoms with E-state index in [-0.39, 0.29) is 0 Å². The van der Waals surface area contributed by atoms with E-state index in [2.05, 4.69) is 32.9 Å². The van der Waals surface area contributed by atoms with Gasteiger partial charge in [-0.05, 0) is 12.3 Å². The van der Waals surface area contributed by atoms with Crippen molar-refractivity contribution in [3.05, 3.63) is 0 Å². The van der Waals surface area contributed by atoms with Gasteiger partial charge >= 0.3 is 0 Å². The monoisotopic (exact) mass is 240 g/mol. The zero-order chi connectivity index (χ0) is 6.85. The van der Waals surface area contributed by atoms with E-state index >= 15 is 0 Å². The number of nitrogens with two attached hydrogens (primary N) is 1. The van der Waals surface area contributed by atoms with Crippen molar-refractivity contribution < 1.29 is 0 Å². The highest BCUT2D eigenvalue weighted by atomic mass is 127. The van der Waals surface area contributed by atoms with E-state index in [9.17, 15) is 0 Å². The van der Waals surface area contributed by atoms with Gasteiger partial charge in [-0.15, -0.1) is 0 Å². The Balaban J connectivity index is 2.34. The molecule has 54 valence electrons. The van der Waals surface area contributed by atoms with Gasteiger partial charge in [0.05, 0.1) is 0 Å². The smallest absolute Gasteiger partial charge is 0.0233 e. The van der Waals surface area contributed by atoms with Crippen LogP contribution < -0.4 is 5.73 Å². The van der Waals surface area contributed by atoms with Crippen LogP contribution in [-0.2, 0) is 0 Å². The van der Waals surface area contributed by atoms with Crippen molar-refractivity contribution in [1.29, 1.82) is 0 Å². The Labute approximate surface area is 70.3 Å². The highest BCUT2D eigenvalue weighted by Gasteiger charge is 2.19. The lowest BCUT2D eigenvalue weighted by molar-refractivity contribution is 0.290. The fraction of sp³-hybridized carbons (Fsp3) is 1.00. The van der Waals surface area contributed by atoms with Crippen molar-refractivity contribution in [3.63, 3.8) is 0 Å². The summed E-state index contributed by atoms with van der Waals surface area (Å²) in [6, 6.07) is 0.408. The highest BCUT2D eigenvalue weighted by Crippen LogP contribution is 2.17. The molecular formula is C6H13IN2. The number of hydrogen-bond acceptors (Lipinski definition) is 2. The summed E-state index contributed by atoms with van der Waals surface area (Å²) in [7, 11) is 0. The average molecular weight is 240 g/mol. The van der Waals surface area contributed by atoms with Crippen LogP contribution >= 0.6 is 22.9 Å². The molecule has 1 rings (SSSR count). The van der Waals surface area contributed by atoms with Gasteiger partial charge in [0, 0.05) is 42.0 Å². The molecular weight excluding hydrogens is 227 g/mol. The molecule has 1 aliphatic heterocycles. The van der Waals surface area contributed by atoms with Crippen molar-refractivity contribution in [3.8, 4) is 0 Å². The van der Waals surface area contributed by atoms with Crippen LogP contribution in [0.3, 0.4) is 0 Å². The molecule has 0 spiro atoms. The Kier molecular flexibility index (Phi) is 2.73. The zero-order valence-electron chi connectivity index (χ0n) is 5.68. The Morgan fingerprint density at radius 2 is 2.22 bits per heavy atom. The van der Waals surface area contributed by atoms with Gasteiger partial charge < -0.3 is 5.73 Å². The van der Waals surface area contributed by atoms with Crippen molar-refractivity contribution in [2.24, 2.45) is 11.7 Å². The third-order valence-corrected chi connectivity index (χ3v) is 2.44. The molecule has 2 atom stereocenters. The second-order valence-electron chi connectivity index (χ2n) is 2.93. The van der Waals surface area contributed by atoms with Gasteiger partial charge in [0.15, 0.2) is 0 Å². The summed E-state index contributed by atoms with van der Waals surface area (Å²) in [6.07, 6.45) is 1.19. The number of halogens is 1. The third-order valence-electron chi connectivity index (χ3n) is 1.65. The lowest BCUT2D eigenvalue weighted by Gasteiger charge is -2.29.